The lowest BCUT2D eigenvalue weighted by molar-refractivity contribution is -0.134. The number of fused-ring (bicyclic) bond motifs is 1. The molecule has 0 saturated carbocycles. The third-order valence-electron chi connectivity index (χ3n) is 5.61. The molecule has 0 aliphatic rings. The SMILES string of the molecule is CCCC(=O)Oc1c(OCC)cccc1-c1cccc(N(C)C(=O)Nc2ccc3ccccc3c2)n1. The summed E-state index contributed by atoms with van der Waals surface area (Å²) in [7, 11) is 1.65. The molecule has 0 saturated heterocycles. The number of nitrogens with zero attached hydrogens (tertiary/aromatic N) is 2. The van der Waals surface area contributed by atoms with Crippen LogP contribution >= 0.6 is 0 Å². The Morgan fingerprint density at radius 1 is 0.917 bits per heavy atom. The van der Waals surface area contributed by atoms with Crippen LogP contribution in [-0.2, 0) is 4.79 Å². The molecule has 1 aromatic heterocycles. The van der Waals surface area contributed by atoms with E-state index < -0.39 is 0 Å². The molecule has 0 aliphatic heterocycles. The lowest BCUT2D eigenvalue weighted by Crippen LogP contribution is -2.31. The fourth-order valence-electron chi connectivity index (χ4n) is 3.80. The van der Waals surface area contributed by atoms with E-state index in [2.05, 4.69) is 10.3 Å². The van der Waals surface area contributed by atoms with Gasteiger partial charge in [0.1, 0.15) is 5.82 Å². The van der Waals surface area contributed by atoms with E-state index in [4.69, 9.17) is 9.47 Å². The third-order valence-corrected chi connectivity index (χ3v) is 5.61. The fourth-order valence-corrected chi connectivity index (χ4v) is 3.80. The van der Waals surface area contributed by atoms with E-state index in [1.807, 2.05) is 74.5 Å². The van der Waals surface area contributed by atoms with Gasteiger partial charge in [0.25, 0.3) is 0 Å². The van der Waals surface area contributed by atoms with Crippen molar-refractivity contribution in [2.75, 3.05) is 23.9 Å². The second-order valence-electron chi connectivity index (χ2n) is 8.22. The molecule has 7 nitrogen and oxygen atoms in total. The molecular weight excluding hydrogens is 454 g/mol. The molecule has 36 heavy (non-hydrogen) atoms. The van der Waals surface area contributed by atoms with Crippen molar-refractivity contribution >= 4 is 34.3 Å². The van der Waals surface area contributed by atoms with Crippen molar-refractivity contribution < 1.29 is 19.1 Å². The van der Waals surface area contributed by atoms with E-state index in [0.29, 0.717) is 53.7 Å². The Morgan fingerprint density at radius 3 is 2.47 bits per heavy atom. The van der Waals surface area contributed by atoms with E-state index in [0.717, 1.165) is 10.8 Å². The molecule has 0 spiro atoms. The summed E-state index contributed by atoms with van der Waals surface area (Å²) in [6, 6.07) is 24.2. The van der Waals surface area contributed by atoms with Crippen molar-refractivity contribution in [3.63, 3.8) is 0 Å². The summed E-state index contributed by atoms with van der Waals surface area (Å²) >= 11 is 0. The lowest BCUT2D eigenvalue weighted by atomic mass is 10.1. The van der Waals surface area contributed by atoms with Crippen molar-refractivity contribution in [2.24, 2.45) is 0 Å². The molecule has 7 heteroatoms. The number of esters is 1. The molecule has 0 bridgehead atoms. The largest absolute Gasteiger partial charge is 0.490 e. The predicted octanol–water partition coefficient (Wildman–Crippen LogP) is 6.67. The number of rotatable bonds is 8. The van der Waals surface area contributed by atoms with Gasteiger partial charge < -0.3 is 14.8 Å². The summed E-state index contributed by atoms with van der Waals surface area (Å²) in [6.07, 6.45) is 0.973. The zero-order valence-electron chi connectivity index (χ0n) is 20.7. The molecule has 4 aromatic rings. The second-order valence-corrected chi connectivity index (χ2v) is 8.22. The van der Waals surface area contributed by atoms with Crippen LogP contribution in [0.5, 0.6) is 11.5 Å². The first kappa shape index (κ1) is 24.7. The van der Waals surface area contributed by atoms with Gasteiger partial charge in [0, 0.05) is 24.7 Å². The van der Waals surface area contributed by atoms with Gasteiger partial charge in [-0.1, -0.05) is 49.4 Å². The van der Waals surface area contributed by atoms with Crippen LogP contribution < -0.4 is 19.7 Å². The molecule has 0 fully saturated rings. The minimum absolute atomic E-state index is 0.297. The highest BCUT2D eigenvalue weighted by Crippen LogP contribution is 2.38. The van der Waals surface area contributed by atoms with Gasteiger partial charge in [0.2, 0.25) is 0 Å². The van der Waals surface area contributed by atoms with Crippen LogP contribution in [0.4, 0.5) is 16.3 Å². The van der Waals surface area contributed by atoms with E-state index in [9.17, 15) is 9.59 Å². The summed E-state index contributed by atoms with van der Waals surface area (Å²) in [4.78, 5) is 31.4. The van der Waals surface area contributed by atoms with E-state index in [-0.39, 0.29) is 12.0 Å². The molecule has 0 atom stereocenters. The number of benzene rings is 3. The molecule has 1 N–H and O–H groups in total. The number of amides is 2. The van der Waals surface area contributed by atoms with E-state index in [1.54, 1.807) is 25.2 Å². The first-order valence-electron chi connectivity index (χ1n) is 12.0. The van der Waals surface area contributed by atoms with Crippen LogP contribution in [0.1, 0.15) is 26.7 Å². The highest BCUT2D eigenvalue weighted by Gasteiger charge is 2.19. The van der Waals surface area contributed by atoms with E-state index >= 15 is 0 Å². The molecule has 3 aromatic carbocycles. The molecule has 2 amide bonds. The van der Waals surface area contributed by atoms with Crippen LogP contribution in [0.3, 0.4) is 0 Å². The van der Waals surface area contributed by atoms with Crippen molar-refractivity contribution in [1.29, 1.82) is 0 Å². The van der Waals surface area contributed by atoms with Gasteiger partial charge >= 0.3 is 12.0 Å². The number of para-hydroxylation sites is 1. The number of urea groups is 1. The van der Waals surface area contributed by atoms with Crippen molar-refractivity contribution in [3.05, 3.63) is 78.9 Å². The Labute approximate surface area is 210 Å². The number of carbonyl (C=O) groups excluding carboxylic acids is 2. The molecule has 0 aliphatic carbocycles. The number of hydrogen-bond donors (Lipinski definition) is 1. The topological polar surface area (TPSA) is 80.8 Å². The summed E-state index contributed by atoms with van der Waals surface area (Å²) < 4.78 is 11.4. The zero-order chi connectivity index (χ0) is 25.5. The Bertz CT molecular complexity index is 1390. The first-order chi connectivity index (χ1) is 17.5. The Kier molecular flexibility index (Phi) is 7.80. The third kappa shape index (κ3) is 5.63. The highest BCUT2D eigenvalue weighted by molar-refractivity contribution is 6.02. The number of pyridine rings is 1. The van der Waals surface area contributed by atoms with Crippen molar-refractivity contribution in [1.82, 2.24) is 4.98 Å². The number of nitrogens with one attached hydrogen (secondary N) is 1. The average molecular weight is 484 g/mol. The van der Waals surface area contributed by atoms with Gasteiger partial charge in [-0.15, -0.1) is 0 Å². The number of ether oxygens (including phenoxy) is 2. The van der Waals surface area contributed by atoms with Gasteiger partial charge in [-0.05, 0) is 60.5 Å². The fraction of sp³-hybridized carbons (Fsp3) is 0.207. The molecule has 184 valence electrons. The van der Waals surface area contributed by atoms with Crippen LogP contribution in [0, 0.1) is 0 Å². The van der Waals surface area contributed by atoms with Gasteiger partial charge in [-0.25, -0.2) is 9.78 Å². The molecule has 0 unspecified atom stereocenters. The maximum atomic E-state index is 13.0. The molecule has 1 heterocycles. The highest BCUT2D eigenvalue weighted by atomic mass is 16.6. The Morgan fingerprint density at radius 2 is 1.69 bits per heavy atom. The monoisotopic (exact) mass is 483 g/mol. The predicted molar refractivity (Wildman–Crippen MR) is 143 cm³/mol. The molecule has 4 rings (SSSR count). The number of aromatic nitrogens is 1. The van der Waals surface area contributed by atoms with Crippen LogP contribution in [0.2, 0.25) is 0 Å². The minimum atomic E-state index is -0.339. The number of anilines is 2. The first-order valence-corrected chi connectivity index (χ1v) is 12.0. The van der Waals surface area contributed by atoms with Gasteiger partial charge in [0.05, 0.1) is 12.3 Å². The zero-order valence-corrected chi connectivity index (χ0v) is 20.7. The van der Waals surface area contributed by atoms with Gasteiger partial charge in [-0.3, -0.25) is 9.69 Å². The summed E-state index contributed by atoms with van der Waals surface area (Å²) in [5, 5.41) is 5.07. The van der Waals surface area contributed by atoms with Crippen molar-refractivity contribution in [3.8, 4) is 22.8 Å². The number of carbonyl (C=O) groups is 2. The summed E-state index contributed by atoms with van der Waals surface area (Å²) in [5.41, 5.74) is 1.85. The van der Waals surface area contributed by atoms with Crippen molar-refractivity contribution in [2.45, 2.75) is 26.7 Å². The van der Waals surface area contributed by atoms with Crippen LogP contribution in [0.25, 0.3) is 22.0 Å². The minimum Gasteiger partial charge on any atom is -0.490 e. The Balaban J connectivity index is 1.60. The van der Waals surface area contributed by atoms with Gasteiger partial charge in [-0.2, -0.15) is 0 Å². The summed E-state index contributed by atoms with van der Waals surface area (Å²) in [5.74, 6) is 0.896. The quantitative estimate of drug-likeness (QED) is 0.223. The normalized spacial score (nSPS) is 10.6. The lowest BCUT2D eigenvalue weighted by Gasteiger charge is -2.19. The van der Waals surface area contributed by atoms with Crippen LogP contribution in [0.15, 0.2) is 78.9 Å². The van der Waals surface area contributed by atoms with E-state index in [1.165, 1.54) is 4.90 Å². The maximum absolute atomic E-state index is 13.0. The summed E-state index contributed by atoms with van der Waals surface area (Å²) in [6.45, 7) is 4.21. The average Bonchev–Trinajstić information content (AvgIpc) is 2.89. The molecule has 0 radical (unpaired) electrons. The molecular formula is C29H29N3O4. The van der Waals surface area contributed by atoms with Gasteiger partial charge in [0.15, 0.2) is 11.5 Å². The Hall–Kier alpha value is -4.39. The maximum Gasteiger partial charge on any atom is 0.327 e. The number of hydrogen-bond acceptors (Lipinski definition) is 5. The standard InChI is InChI=1S/C29H29N3O4/c1-4-10-27(33)36-28-23(13-8-15-25(28)35-5-2)24-14-9-16-26(31-24)32(3)29(34)30-22-18-17-20-11-6-7-12-21(20)19-22/h6-9,11-19H,4-5,10H2,1-3H3,(H,30,34). The van der Waals surface area contributed by atoms with Crippen LogP contribution in [-0.4, -0.2) is 30.6 Å². The smallest absolute Gasteiger partial charge is 0.327 e. The second kappa shape index (κ2) is 11.4.